The first-order valence-electron chi connectivity index (χ1n) is 2.67. The fourth-order valence-electron chi connectivity index (χ4n) is 0.614. The van der Waals surface area contributed by atoms with Crippen LogP contribution in [-0.4, -0.2) is 0 Å². The number of hydrogen-bond donors (Lipinski definition) is 1. The monoisotopic (exact) mass is 130 g/mol. The van der Waals surface area contributed by atoms with Crippen LogP contribution < -0.4 is 35.3 Å². The molecule has 0 aromatic heterocycles. The van der Waals surface area contributed by atoms with Gasteiger partial charge in [-0.3, -0.25) is 0 Å². The van der Waals surface area contributed by atoms with Crippen molar-refractivity contribution in [1.82, 2.24) is 0 Å². The summed E-state index contributed by atoms with van der Waals surface area (Å²) in [6, 6.07) is 9.99. The van der Waals surface area contributed by atoms with Crippen molar-refractivity contribution in [2.45, 2.75) is 6.54 Å². The molecular formula is C7H9NNa+. The normalized spacial score (nSPS) is 8.11. The van der Waals surface area contributed by atoms with Crippen molar-refractivity contribution < 1.29 is 29.6 Å². The molecule has 1 rings (SSSR count). The van der Waals surface area contributed by atoms with Gasteiger partial charge in [0.1, 0.15) is 0 Å². The van der Waals surface area contributed by atoms with Crippen molar-refractivity contribution in [2.75, 3.05) is 0 Å². The van der Waals surface area contributed by atoms with Crippen molar-refractivity contribution in [3.8, 4) is 0 Å². The van der Waals surface area contributed by atoms with E-state index in [-0.39, 0.29) is 29.6 Å². The van der Waals surface area contributed by atoms with Gasteiger partial charge in [0, 0.05) is 6.54 Å². The topological polar surface area (TPSA) is 26.0 Å². The molecule has 1 aromatic rings. The average molecular weight is 130 g/mol. The largest absolute Gasteiger partial charge is 1.00 e. The summed E-state index contributed by atoms with van der Waals surface area (Å²) in [6.07, 6.45) is 0. The van der Waals surface area contributed by atoms with Crippen molar-refractivity contribution in [1.29, 1.82) is 0 Å². The van der Waals surface area contributed by atoms with Crippen LogP contribution in [0.15, 0.2) is 30.3 Å². The second kappa shape index (κ2) is 5.00. The number of benzene rings is 1. The van der Waals surface area contributed by atoms with Gasteiger partial charge in [-0.2, -0.15) is 0 Å². The zero-order valence-corrected chi connectivity index (χ0v) is 7.67. The van der Waals surface area contributed by atoms with Crippen molar-refractivity contribution in [2.24, 2.45) is 5.73 Å². The van der Waals surface area contributed by atoms with E-state index in [0.29, 0.717) is 6.54 Å². The van der Waals surface area contributed by atoms with Crippen LogP contribution in [0.3, 0.4) is 0 Å². The fourth-order valence-corrected chi connectivity index (χ4v) is 0.614. The molecule has 2 N–H and O–H groups in total. The summed E-state index contributed by atoms with van der Waals surface area (Å²) in [5.74, 6) is 0. The number of rotatable bonds is 1. The molecule has 0 aliphatic rings. The van der Waals surface area contributed by atoms with Crippen LogP contribution >= 0.6 is 0 Å². The molecule has 0 radical (unpaired) electrons. The third-order valence-electron chi connectivity index (χ3n) is 1.08. The van der Waals surface area contributed by atoms with E-state index >= 15 is 0 Å². The van der Waals surface area contributed by atoms with E-state index in [2.05, 4.69) is 0 Å². The van der Waals surface area contributed by atoms with Gasteiger partial charge in [-0.15, -0.1) is 0 Å². The molecule has 0 spiro atoms. The molecule has 0 bridgehead atoms. The molecule has 0 aliphatic heterocycles. The van der Waals surface area contributed by atoms with E-state index in [1.165, 1.54) is 5.56 Å². The Hall–Kier alpha value is 0.180. The number of hydrogen-bond acceptors (Lipinski definition) is 1. The van der Waals surface area contributed by atoms with Gasteiger partial charge in [0.05, 0.1) is 0 Å². The summed E-state index contributed by atoms with van der Waals surface area (Å²) in [6.45, 7) is 0.640. The van der Waals surface area contributed by atoms with Gasteiger partial charge < -0.3 is 5.73 Å². The molecule has 0 aliphatic carbocycles. The van der Waals surface area contributed by atoms with Gasteiger partial charge in [-0.25, -0.2) is 0 Å². The molecule has 0 heterocycles. The Morgan fingerprint density at radius 2 is 1.67 bits per heavy atom. The van der Waals surface area contributed by atoms with Gasteiger partial charge >= 0.3 is 29.6 Å². The Bertz CT molecular complexity index is 150. The van der Waals surface area contributed by atoms with E-state index in [9.17, 15) is 0 Å². The van der Waals surface area contributed by atoms with Gasteiger partial charge in [-0.05, 0) is 5.56 Å². The zero-order valence-electron chi connectivity index (χ0n) is 5.67. The summed E-state index contributed by atoms with van der Waals surface area (Å²) >= 11 is 0. The third kappa shape index (κ3) is 3.01. The molecule has 2 heteroatoms. The van der Waals surface area contributed by atoms with E-state index in [1.807, 2.05) is 30.3 Å². The molecule has 9 heavy (non-hydrogen) atoms. The first-order chi connectivity index (χ1) is 3.93. The third-order valence-corrected chi connectivity index (χ3v) is 1.08. The molecular weight excluding hydrogens is 121 g/mol. The minimum Gasteiger partial charge on any atom is -0.326 e. The molecule has 0 atom stereocenters. The summed E-state index contributed by atoms with van der Waals surface area (Å²) in [5, 5.41) is 0. The van der Waals surface area contributed by atoms with Crippen LogP contribution in [-0.2, 0) is 6.54 Å². The first kappa shape index (κ1) is 9.18. The Morgan fingerprint density at radius 3 is 2.00 bits per heavy atom. The van der Waals surface area contributed by atoms with Crippen LogP contribution in [0.1, 0.15) is 5.56 Å². The summed E-state index contributed by atoms with van der Waals surface area (Å²) in [7, 11) is 0. The van der Waals surface area contributed by atoms with Gasteiger partial charge in [0.15, 0.2) is 0 Å². The molecule has 42 valence electrons. The predicted octanol–water partition coefficient (Wildman–Crippen LogP) is -1.85. The van der Waals surface area contributed by atoms with Crippen molar-refractivity contribution in [3.63, 3.8) is 0 Å². The van der Waals surface area contributed by atoms with Crippen LogP contribution in [0.25, 0.3) is 0 Å². The van der Waals surface area contributed by atoms with Crippen molar-refractivity contribution in [3.05, 3.63) is 35.9 Å². The molecule has 1 nitrogen and oxygen atoms in total. The SMILES string of the molecule is NCc1ccccc1.[Na+]. The van der Waals surface area contributed by atoms with Crippen LogP contribution in [0.5, 0.6) is 0 Å². The first-order valence-corrected chi connectivity index (χ1v) is 2.67. The molecule has 0 fully saturated rings. The molecule has 0 amide bonds. The molecule has 0 saturated carbocycles. The Labute approximate surface area is 77.5 Å². The summed E-state index contributed by atoms with van der Waals surface area (Å²) in [4.78, 5) is 0. The van der Waals surface area contributed by atoms with Gasteiger partial charge in [0.25, 0.3) is 0 Å². The standard InChI is InChI=1S/C7H9N.Na/c8-6-7-4-2-1-3-5-7;/h1-5H,6,8H2;/q;+1. The Balaban J connectivity index is 0.000000640. The van der Waals surface area contributed by atoms with E-state index in [4.69, 9.17) is 5.73 Å². The van der Waals surface area contributed by atoms with E-state index in [1.54, 1.807) is 0 Å². The molecule has 0 unspecified atom stereocenters. The minimum absolute atomic E-state index is 0. The summed E-state index contributed by atoms with van der Waals surface area (Å²) in [5.41, 5.74) is 6.54. The number of nitrogens with two attached hydrogens (primary N) is 1. The average Bonchev–Trinajstić information content (AvgIpc) is 1.90. The van der Waals surface area contributed by atoms with Crippen molar-refractivity contribution >= 4 is 0 Å². The van der Waals surface area contributed by atoms with Gasteiger partial charge in [0.2, 0.25) is 0 Å². The van der Waals surface area contributed by atoms with Gasteiger partial charge in [-0.1, -0.05) is 30.3 Å². The fraction of sp³-hybridized carbons (Fsp3) is 0.143. The van der Waals surface area contributed by atoms with E-state index in [0.717, 1.165) is 0 Å². The van der Waals surface area contributed by atoms with Crippen LogP contribution in [0.4, 0.5) is 0 Å². The molecule has 0 saturated heterocycles. The quantitative estimate of drug-likeness (QED) is 0.444. The van der Waals surface area contributed by atoms with Crippen LogP contribution in [0, 0.1) is 0 Å². The smallest absolute Gasteiger partial charge is 0.326 e. The van der Waals surface area contributed by atoms with E-state index < -0.39 is 0 Å². The maximum atomic E-state index is 5.35. The predicted molar refractivity (Wildman–Crippen MR) is 34.3 cm³/mol. The second-order valence-electron chi connectivity index (χ2n) is 1.69. The maximum Gasteiger partial charge on any atom is 1.00 e. The second-order valence-corrected chi connectivity index (χ2v) is 1.69. The Morgan fingerprint density at radius 1 is 1.11 bits per heavy atom. The zero-order chi connectivity index (χ0) is 5.82. The molecule has 1 aromatic carbocycles. The Kier molecular flexibility index (Phi) is 5.10. The summed E-state index contributed by atoms with van der Waals surface area (Å²) < 4.78 is 0. The minimum atomic E-state index is 0. The van der Waals surface area contributed by atoms with Crippen LogP contribution in [0.2, 0.25) is 0 Å². The maximum absolute atomic E-state index is 5.35.